The van der Waals surface area contributed by atoms with Crippen molar-refractivity contribution in [2.45, 2.75) is 20.0 Å². The quantitative estimate of drug-likeness (QED) is 0.742. The van der Waals surface area contributed by atoms with Gasteiger partial charge in [0.25, 0.3) is 0 Å². The fraction of sp³-hybridized carbons (Fsp3) is 0.200. The number of halogens is 1. The summed E-state index contributed by atoms with van der Waals surface area (Å²) in [7, 11) is 0. The molecule has 1 atom stereocenters. The number of rotatable bonds is 4. The van der Waals surface area contributed by atoms with Crippen LogP contribution in [0.25, 0.3) is 10.8 Å². The summed E-state index contributed by atoms with van der Waals surface area (Å²) < 4.78 is 18.7. The van der Waals surface area contributed by atoms with Crippen LogP contribution in [0.4, 0.5) is 4.39 Å². The monoisotopic (exact) mass is 332 g/mol. The van der Waals surface area contributed by atoms with Crippen molar-refractivity contribution in [3.05, 3.63) is 52.5 Å². The molecule has 118 valence electrons. The number of benzene rings is 1. The molecule has 0 aliphatic heterocycles. The number of aromatic amines is 1. The van der Waals surface area contributed by atoms with E-state index in [0.29, 0.717) is 27.0 Å². The van der Waals surface area contributed by atoms with Gasteiger partial charge in [-0.2, -0.15) is 5.10 Å². The molecule has 8 heteroatoms. The Morgan fingerprint density at radius 3 is 2.96 bits per heavy atom. The molecule has 23 heavy (non-hydrogen) atoms. The number of hydrogen-bond acceptors (Lipinski definition) is 6. The summed E-state index contributed by atoms with van der Waals surface area (Å²) >= 11 is 1.17. The van der Waals surface area contributed by atoms with Gasteiger partial charge in [-0.05, 0) is 31.5 Å². The maximum atomic E-state index is 13.2. The second-order valence-electron chi connectivity index (χ2n) is 4.87. The highest BCUT2D eigenvalue weighted by Gasteiger charge is 2.21. The first-order chi connectivity index (χ1) is 11.0. The van der Waals surface area contributed by atoms with Gasteiger partial charge >= 0.3 is 5.97 Å². The highest BCUT2D eigenvalue weighted by atomic mass is 32.1. The Hall–Kier alpha value is -2.61. The summed E-state index contributed by atoms with van der Waals surface area (Å²) in [6.45, 7) is 3.42. The zero-order chi connectivity index (χ0) is 16.4. The fourth-order valence-corrected chi connectivity index (χ4v) is 2.93. The molecule has 2 aromatic heterocycles. The van der Waals surface area contributed by atoms with E-state index in [4.69, 9.17) is 4.74 Å². The normalized spacial score (nSPS) is 12.1. The van der Waals surface area contributed by atoms with Crippen LogP contribution in [0.1, 0.15) is 34.0 Å². The molecule has 0 aliphatic rings. The van der Waals surface area contributed by atoms with Crippen LogP contribution >= 0.6 is 11.3 Å². The molecule has 0 bridgehead atoms. The fourth-order valence-electron chi connectivity index (χ4n) is 2.04. The highest BCUT2D eigenvalue weighted by Crippen LogP contribution is 2.27. The van der Waals surface area contributed by atoms with E-state index in [9.17, 15) is 9.18 Å². The van der Waals surface area contributed by atoms with Crippen molar-refractivity contribution in [1.29, 1.82) is 0 Å². The van der Waals surface area contributed by atoms with E-state index in [1.165, 1.54) is 29.8 Å². The van der Waals surface area contributed by atoms with Gasteiger partial charge in [-0.15, -0.1) is 11.3 Å². The zero-order valence-corrected chi connectivity index (χ0v) is 13.2. The summed E-state index contributed by atoms with van der Waals surface area (Å²) in [5, 5.41) is 7.02. The predicted octanol–water partition coefficient (Wildman–Crippen LogP) is 3.29. The molecule has 0 fully saturated rings. The first-order valence-electron chi connectivity index (χ1n) is 6.84. The number of nitrogens with one attached hydrogen (secondary N) is 1. The zero-order valence-electron chi connectivity index (χ0n) is 12.4. The number of aryl methyl sites for hydroxylation is 1. The molecular weight excluding hydrogens is 319 g/mol. The number of ether oxygens (including phenoxy) is 1. The summed E-state index contributed by atoms with van der Waals surface area (Å²) in [4.78, 5) is 21.0. The van der Waals surface area contributed by atoms with Gasteiger partial charge < -0.3 is 4.74 Å². The first kappa shape index (κ1) is 15.3. The third-order valence-corrected chi connectivity index (χ3v) is 4.35. The topological polar surface area (TPSA) is 80.8 Å². The molecule has 0 saturated carbocycles. The number of esters is 1. The van der Waals surface area contributed by atoms with Crippen molar-refractivity contribution in [3.8, 4) is 10.8 Å². The maximum Gasteiger partial charge on any atom is 0.350 e. The molecule has 0 amide bonds. The van der Waals surface area contributed by atoms with Crippen LogP contribution in [-0.4, -0.2) is 26.1 Å². The predicted molar refractivity (Wildman–Crippen MR) is 82.5 cm³/mol. The van der Waals surface area contributed by atoms with Gasteiger partial charge in [-0.1, -0.05) is 12.1 Å². The van der Waals surface area contributed by atoms with Crippen molar-refractivity contribution in [1.82, 2.24) is 20.2 Å². The Kier molecular flexibility index (Phi) is 4.16. The van der Waals surface area contributed by atoms with Crippen molar-refractivity contribution in [2.24, 2.45) is 0 Å². The molecule has 1 aromatic carbocycles. The van der Waals surface area contributed by atoms with Gasteiger partial charge in [-0.25, -0.2) is 19.2 Å². The smallest absolute Gasteiger partial charge is 0.350 e. The SMILES string of the molecule is Cc1nc(-c2ncn[nH]2)sc1C(=O)OC(C)c1cccc(F)c1. The lowest BCUT2D eigenvalue weighted by Gasteiger charge is -2.13. The molecule has 1 unspecified atom stereocenters. The van der Waals surface area contributed by atoms with Gasteiger partial charge in [0.2, 0.25) is 0 Å². The van der Waals surface area contributed by atoms with Crippen LogP contribution in [0.15, 0.2) is 30.6 Å². The molecule has 6 nitrogen and oxygen atoms in total. The summed E-state index contributed by atoms with van der Waals surface area (Å²) in [6, 6.07) is 5.97. The van der Waals surface area contributed by atoms with Crippen LogP contribution in [0.3, 0.4) is 0 Å². The van der Waals surface area contributed by atoms with Crippen molar-refractivity contribution in [2.75, 3.05) is 0 Å². The van der Waals surface area contributed by atoms with Crippen LogP contribution in [0.2, 0.25) is 0 Å². The van der Waals surface area contributed by atoms with Crippen molar-refractivity contribution < 1.29 is 13.9 Å². The number of nitrogens with zero attached hydrogens (tertiary/aromatic N) is 3. The molecule has 0 aliphatic carbocycles. The number of carbonyl (C=O) groups is 1. The Bertz CT molecular complexity index is 832. The maximum absolute atomic E-state index is 13.2. The van der Waals surface area contributed by atoms with E-state index in [2.05, 4.69) is 20.2 Å². The van der Waals surface area contributed by atoms with E-state index >= 15 is 0 Å². The largest absolute Gasteiger partial charge is 0.454 e. The molecule has 3 aromatic rings. The number of hydrogen-bond donors (Lipinski definition) is 1. The number of aromatic nitrogens is 4. The van der Waals surface area contributed by atoms with E-state index in [0.717, 1.165) is 0 Å². The molecule has 3 rings (SSSR count). The minimum Gasteiger partial charge on any atom is -0.454 e. The van der Waals surface area contributed by atoms with Crippen molar-refractivity contribution >= 4 is 17.3 Å². The van der Waals surface area contributed by atoms with Crippen LogP contribution in [0, 0.1) is 12.7 Å². The summed E-state index contributed by atoms with van der Waals surface area (Å²) in [6.07, 6.45) is 0.809. The van der Waals surface area contributed by atoms with Crippen LogP contribution < -0.4 is 0 Å². The average molecular weight is 332 g/mol. The molecule has 1 N–H and O–H groups in total. The molecule has 0 radical (unpaired) electrons. The first-order valence-corrected chi connectivity index (χ1v) is 7.66. The Labute approximate surface area is 135 Å². The van der Waals surface area contributed by atoms with Crippen molar-refractivity contribution in [3.63, 3.8) is 0 Å². The molecule has 0 saturated heterocycles. The third kappa shape index (κ3) is 3.26. The minimum atomic E-state index is -0.562. The third-order valence-electron chi connectivity index (χ3n) is 3.20. The molecular formula is C15H13FN4O2S. The van der Waals surface area contributed by atoms with Gasteiger partial charge in [0.05, 0.1) is 5.69 Å². The standard InChI is InChI=1S/C15H13FN4O2S/c1-8-12(23-14(19-8)13-17-7-18-20-13)15(21)22-9(2)10-4-3-5-11(16)6-10/h3-7,9H,1-2H3,(H,17,18,20). The number of H-pyrrole nitrogens is 1. The van der Waals surface area contributed by atoms with E-state index < -0.39 is 12.1 Å². The average Bonchev–Trinajstić information content (AvgIpc) is 3.16. The van der Waals surface area contributed by atoms with E-state index in [1.807, 2.05) is 0 Å². The van der Waals surface area contributed by atoms with Crippen LogP contribution in [-0.2, 0) is 4.74 Å². The second-order valence-corrected chi connectivity index (χ2v) is 5.87. The number of carbonyl (C=O) groups excluding carboxylic acids is 1. The Balaban J connectivity index is 1.78. The van der Waals surface area contributed by atoms with E-state index in [-0.39, 0.29) is 5.82 Å². The molecule has 2 heterocycles. The summed E-state index contributed by atoms with van der Waals surface area (Å²) in [5.41, 5.74) is 1.15. The van der Waals surface area contributed by atoms with Gasteiger partial charge in [0, 0.05) is 0 Å². The molecule has 0 spiro atoms. The lowest BCUT2D eigenvalue weighted by molar-refractivity contribution is 0.0342. The number of thiazole rings is 1. The van der Waals surface area contributed by atoms with E-state index in [1.54, 1.807) is 26.0 Å². The Morgan fingerprint density at radius 1 is 1.43 bits per heavy atom. The van der Waals surface area contributed by atoms with Gasteiger partial charge in [0.15, 0.2) is 10.8 Å². The van der Waals surface area contributed by atoms with Crippen LogP contribution in [0.5, 0.6) is 0 Å². The minimum absolute atomic E-state index is 0.369. The lowest BCUT2D eigenvalue weighted by atomic mass is 10.1. The van der Waals surface area contributed by atoms with Gasteiger partial charge in [0.1, 0.15) is 23.1 Å². The van der Waals surface area contributed by atoms with Gasteiger partial charge in [-0.3, -0.25) is 5.10 Å². The lowest BCUT2D eigenvalue weighted by Crippen LogP contribution is -2.09. The Morgan fingerprint density at radius 2 is 2.26 bits per heavy atom. The second kappa shape index (κ2) is 6.25. The summed E-state index contributed by atoms with van der Waals surface area (Å²) in [5.74, 6) is -0.371. The highest BCUT2D eigenvalue weighted by molar-refractivity contribution is 7.16.